The van der Waals surface area contributed by atoms with Gasteiger partial charge in [-0.25, -0.2) is 13.4 Å². The number of fused-ring (bicyclic) bond motifs is 1. The molecule has 1 aliphatic rings. The lowest BCUT2D eigenvalue weighted by Crippen LogP contribution is -2.12. The van der Waals surface area contributed by atoms with Crippen molar-refractivity contribution >= 4 is 15.8 Å². The van der Waals surface area contributed by atoms with Gasteiger partial charge in [-0.05, 0) is 54.8 Å². The predicted molar refractivity (Wildman–Crippen MR) is 136 cm³/mol. The van der Waals surface area contributed by atoms with Crippen LogP contribution in [0, 0.1) is 13.8 Å². The Morgan fingerprint density at radius 3 is 2.56 bits per heavy atom. The molecule has 0 radical (unpaired) electrons. The number of rotatable bonds is 10. The van der Waals surface area contributed by atoms with Crippen LogP contribution in [0.3, 0.4) is 0 Å². The molecule has 0 bridgehead atoms. The number of pyridine rings is 1. The second kappa shape index (κ2) is 10.6. The normalized spacial score (nSPS) is 14.7. The molecule has 1 aromatic heterocycles. The average Bonchev–Trinajstić information content (AvgIpc) is 3.18. The van der Waals surface area contributed by atoms with Crippen LogP contribution in [0.4, 0.5) is 0 Å². The topological polar surface area (TPSA) is 112 Å². The number of sulfone groups is 1. The number of carbonyl (C=O) groups is 1. The largest absolute Gasteiger partial charge is 0.493 e. The Labute approximate surface area is 210 Å². The first kappa shape index (κ1) is 25.5. The Balaban J connectivity index is 1.44. The molecule has 1 aliphatic heterocycles. The quantitative estimate of drug-likeness (QED) is 0.428. The lowest BCUT2D eigenvalue weighted by molar-refractivity contribution is -0.137. The molecular weight excluding hydrogens is 482 g/mol. The number of hydrogen-bond donors (Lipinski definition) is 1. The number of carboxylic acids is 1. The highest BCUT2D eigenvalue weighted by Gasteiger charge is 2.26. The molecule has 0 saturated heterocycles. The molecule has 1 N–H and O–H groups in total. The van der Waals surface area contributed by atoms with E-state index in [2.05, 4.69) is 4.98 Å². The lowest BCUT2D eigenvalue weighted by Gasteiger charge is -2.14. The minimum atomic E-state index is -3.08. The molecule has 0 spiro atoms. The van der Waals surface area contributed by atoms with Gasteiger partial charge < -0.3 is 19.3 Å². The van der Waals surface area contributed by atoms with Gasteiger partial charge in [-0.1, -0.05) is 18.2 Å². The van der Waals surface area contributed by atoms with Crippen LogP contribution in [0.2, 0.25) is 0 Å². The summed E-state index contributed by atoms with van der Waals surface area (Å²) in [6.07, 6.45) is 1.23. The minimum absolute atomic E-state index is 0.0347. The van der Waals surface area contributed by atoms with Crippen molar-refractivity contribution < 1.29 is 32.5 Å². The number of aliphatic carboxylic acids is 1. The van der Waals surface area contributed by atoms with Gasteiger partial charge in [-0.3, -0.25) is 4.79 Å². The summed E-state index contributed by atoms with van der Waals surface area (Å²) < 4.78 is 40.0. The zero-order valence-electron chi connectivity index (χ0n) is 20.5. The van der Waals surface area contributed by atoms with Crippen molar-refractivity contribution in [3.63, 3.8) is 0 Å². The van der Waals surface area contributed by atoms with Gasteiger partial charge in [-0.2, -0.15) is 0 Å². The van der Waals surface area contributed by atoms with E-state index in [-0.39, 0.29) is 24.7 Å². The van der Waals surface area contributed by atoms with Crippen molar-refractivity contribution in [2.45, 2.75) is 32.8 Å². The molecule has 2 aromatic carbocycles. The molecule has 0 amide bonds. The lowest BCUT2D eigenvalue weighted by atomic mass is 9.97. The van der Waals surface area contributed by atoms with E-state index < -0.39 is 15.8 Å². The smallest absolute Gasteiger partial charge is 0.304 e. The highest BCUT2D eigenvalue weighted by Crippen LogP contribution is 2.37. The van der Waals surface area contributed by atoms with Crippen molar-refractivity contribution in [1.29, 1.82) is 0 Å². The molecule has 4 rings (SSSR count). The number of ether oxygens (including phenoxy) is 3. The molecule has 0 fully saturated rings. The van der Waals surface area contributed by atoms with Gasteiger partial charge in [0.15, 0.2) is 9.84 Å². The summed E-state index contributed by atoms with van der Waals surface area (Å²) in [6, 6.07) is 15.1. The maximum Gasteiger partial charge on any atom is 0.304 e. The molecule has 8 nitrogen and oxygen atoms in total. The summed E-state index contributed by atoms with van der Waals surface area (Å²) in [4.78, 5) is 15.7. The zero-order valence-corrected chi connectivity index (χ0v) is 21.3. The monoisotopic (exact) mass is 511 g/mol. The van der Waals surface area contributed by atoms with Gasteiger partial charge in [0.2, 0.25) is 5.88 Å². The van der Waals surface area contributed by atoms with Crippen LogP contribution in [-0.4, -0.2) is 49.7 Å². The Morgan fingerprint density at radius 2 is 1.86 bits per heavy atom. The van der Waals surface area contributed by atoms with Crippen LogP contribution < -0.4 is 14.2 Å². The van der Waals surface area contributed by atoms with E-state index in [4.69, 9.17) is 19.3 Å². The summed E-state index contributed by atoms with van der Waals surface area (Å²) in [7, 11) is -3.08. The Kier molecular flexibility index (Phi) is 7.49. The van der Waals surface area contributed by atoms with Crippen LogP contribution in [-0.2, 0) is 21.2 Å². The third kappa shape index (κ3) is 6.34. The Hall–Kier alpha value is -3.59. The van der Waals surface area contributed by atoms with Gasteiger partial charge in [-0.15, -0.1) is 0 Å². The fourth-order valence-electron chi connectivity index (χ4n) is 4.30. The molecule has 1 unspecified atom stereocenters. The fraction of sp³-hybridized carbons (Fsp3) is 0.333. The van der Waals surface area contributed by atoms with E-state index in [1.165, 1.54) is 6.26 Å². The standard InChI is InChI=1S/C27H29NO7S/c1-17-11-21(33-9-10-36(3,31)32)12-18(2)27(17)23-5-4-6-25(28-23)35-15-19-7-8-22-20(14-26(29)30)16-34-24(22)13-19/h4-8,11-13,20H,9-10,14-16H2,1-3H3,(H,29,30). The van der Waals surface area contributed by atoms with Crippen LogP contribution in [0.5, 0.6) is 17.4 Å². The van der Waals surface area contributed by atoms with Crippen LogP contribution in [0.1, 0.15) is 34.6 Å². The molecule has 0 saturated carbocycles. The first-order valence-electron chi connectivity index (χ1n) is 11.6. The number of aryl methyl sites for hydroxylation is 2. The third-order valence-corrected chi connectivity index (χ3v) is 6.88. The van der Waals surface area contributed by atoms with Crippen LogP contribution >= 0.6 is 0 Å². The molecule has 36 heavy (non-hydrogen) atoms. The zero-order chi connectivity index (χ0) is 25.9. The number of nitrogens with zero attached hydrogens (tertiary/aromatic N) is 1. The highest BCUT2D eigenvalue weighted by atomic mass is 32.2. The van der Waals surface area contributed by atoms with Gasteiger partial charge in [0, 0.05) is 29.4 Å². The summed E-state index contributed by atoms with van der Waals surface area (Å²) in [6.45, 7) is 4.69. The van der Waals surface area contributed by atoms with Gasteiger partial charge in [0.05, 0.1) is 24.5 Å². The van der Waals surface area contributed by atoms with E-state index in [0.29, 0.717) is 30.6 Å². The second-order valence-corrected chi connectivity index (χ2v) is 11.3. The third-order valence-electron chi connectivity index (χ3n) is 5.97. The first-order valence-corrected chi connectivity index (χ1v) is 13.6. The van der Waals surface area contributed by atoms with Gasteiger partial charge in [0.1, 0.15) is 24.7 Å². The predicted octanol–water partition coefficient (Wildman–Crippen LogP) is 4.32. The van der Waals surface area contributed by atoms with Crippen LogP contribution in [0.25, 0.3) is 11.3 Å². The van der Waals surface area contributed by atoms with E-state index in [1.807, 2.05) is 56.3 Å². The van der Waals surface area contributed by atoms with E-state index in [0.717, 1.165) is 33.5 Å². The van der Waals surface area contributed by atoms with Crippen molar-refractivity contribution in [2.24, 2.45) is 0 Å². The molecule has 0 aliphatic carbocycles. The summed E-state index contributed by atoms with van der Waals surface area (Å²) in [5.74, 6) is 0.795. The Morgan fingerprint density at radius 1 is 1.11 bits per heavy atom. The minimum Gasteiger partial charge on any atom is -0.493 e. The Bertz CT molecular complexity index is 1360. The van der Waals surface area contributed by atoms with Crippen molar-refractivity contribution in [3.05, 3.63) is 70.8 Å². The number of hydrogen-bond acceptors (Lipinski definition) is 7. The first-order chi connectivity index (χ1) is 17.1. The van der Waals surface area contributed by atoms with Crippen molar-refractivity contribution in [3.8, 4) is 28.6 Å². The SMILES string of the molecule is Cc1cc(OCCS(C)(=O)=O)cc(C)c1-c1cccc(OCc2ccc3c(c2)OCC3CC(=O)O)n1. The molecular formula is C27H29NO7S. The molecule has 3 aromatic rings. The maximum absolute atomic E-state index is 11.3. The molecule has 2 heterocycles. The number of aromatic nitrogens is 1. The number of carboxylic acid groups (broad SMARTS) is 1. The van der Waals surface area contributed by atoms with Crippen molar-refractivity contribution in [1.82, 2.24) is 4.98 Å². The van der Waals surface area contributed by atoms with E-state index in [9.17, 15) is 13.2 Å². The van der Waals surface area contributed by atoms with E-state index >= 15 is 0 Å². The fourth-order valence-corrected chi connectivity index (χ4v) is 4.69. The highest BCUT2D eigenvalue weighted by molar-refractivity contribution is 7.90. The summed E-state index contributed by atoms with van der Waals surface area (Å²) in [5, 5.41) is 9.07. The number of benzene rings is 2. The van der Waals surface area contributed by atoms with Gasteiger partial charge in [0.25, 0.3) is 0 Å². The second-order valence-electron chi connectivity index (χ2n) is 9.04. The van der Waals surface area contributed by atoms with Crippen LogP contribution in [0.15, 0.2) is 48.5 Å². The van der Waals surface area contributed by atoms with E-state index in [1.54, 1.807) is 6.07 Å². The summed E-state index contributed by atoms with van der Waals surface area (Å²) >= 11 is 0. The van der Waals surface area contributed by atoms with Gasteiger partial charge >= 0.3 is 5.97 Å². The summed E-state index contributed by atoms with van der Waals surface area (Å²) in [5.41, 5.74) is 5.46. The average molecular weight is 512 g/mol. The molecule has 1 atom stereocenters. The maximum atomic E-state index is 11.3. The van der Waals surface area contributed by atoms with Crippen molar-refractivity contribution in [2.75, 3.05) is 25.2 Å². The molecule has 9 heteroatoms. The molecule has 190 valence electrons.